The van der Waals surface area contributed by atoms with Gasteiger partial charge in [0.1, 0.15) is 0 Å². The molecule has 0 amide bonds. The summed E-state index contributed by atoms with van der Waals surface area (Å²) in [5.41, 5.74) is 0.973. The molecule has 5 nitrogen and oxygen atoms in total. The van der Waals surface area contributed by atoms with Crippen molar-refractivity contribution in [3.63, 3.8) is 0 Å². The van der Waals surface area contributed by atoms with E-state index in [1.54, 1.807) is 7.11 Å². The van der Waals surface area contributed by atoms with Crippen LogP contribution in [0.25, 0.3) is 0 Å². The minimum Gasteiger partial charge on any atom is -0.383 e. The van der Waals surface area contributed by atoms with E-state index in [1.807, 2.05) is 6.07 Å². The number of aromatic nitrogens is 1. The minimum atomic E-state index is 0.743. The van der Waals surface area contributed by atoms with Crippen molar-refractivity contribution in [1.29, 1.82) is 0 Å². The van der Waals surface area contributed by atoms with Crippen LogP contribution < -0.4 is 5.32 Å². The van der Waals surface area contributed by atoms with Gasteiger partial charge in [-0.05, 0) is 19.5 Å². The van der Waals surface area contributed by atoms with Gasteiger partial charge in [0, 0.05) is 26.3 Å². The standard InChI is InChI=1S/C13H25N3O2/c1-4-6-14-10-12-9-13(18-15-12)11-16(5-2)7-8-17-3/h9,14H,4-8,10-11H2,1-3H3. The van der Waals surface area contributed by atoms with E-state index in [9.17, 15) is 0 Å². The van der Waals surface area contributed by atoms with Gasteiger partial charge in [-0.1, -0.05) is 19.0 Å². The molecule has 1 rings (SSSR count). The zero-order valence-corrected chi connectivity index (χ0v) is 11.7. The molecule has 0 aromatic carbocycles. The molecule has 104 valence electrons. The Bertz CT molecular complexity index is 315. The number of hydrogen-bond acceptors (Lipinski definition) is 5. The summed E-state index contributed by atoms with van der Waals surface area (Å²) in [5, 5.41) is 7.37. The Morgan fingerprint density at radius 3 is 2.94 bits per heavy atom. The van der Waals surface area contributed by atoms with Gasteiger partial charge in [-0.2, -0.15) is 0 Å². The van der Waals surface area contributed by atoms with Crippen molar-refractivity contribution in [2.24, 2.45) is 0 Å². The van der Waals surface area contributed by atoms with Gasteiger partial charge in [0.25, 0.3) is 0 Å². The van der Waals surface area contributed by atoms with E-state index in [0.29, 0.717) is 0 Å². The van der Waals surface area contributed by atoms with Crippen molar-refractivity contribution >= 4 is 0 Å². The van der Waals surface area contributed by atoms with E-state index in [1.165, 1.54) is 0 Å². The Morgan fingerprint density at radius 1 is 1.44 bits per heavy atom. The number of likely N-dealkylation sites (N-methyl/N-ethyl adjacent to an activating group) is 1. The smallest absolute Gasteiger partial charge is 0.151 e. The highest BCUT2D eigenvalue weighted by Gasteiger charge is 2.08. The summed E-state index contributed by atoms with van der Waals surface area (Å²) in [5.74, 6) is 0.918. The molecule has 1 N–H and O–H groups in total. The van der Waals surface area contributed by atoms with E-state index in [0.717, 1.165) is 57.2 Å². The minimum absolute atomic E-state index is 0.743. The Morgan fingerprint density at radius 2 is 2.28 bits per heavy atom. The molecule has 18 heavy (non-hydrogen) atoms. The summed E-state index contributed by atoms with van der Waals surface area (Å²) in [6.45, 7) is 9.50. The van der Waals surface area contributed by atoms with Gasteiger partial charge in [0.2, 0.25) is 0 Å². The first kappa shape index (κ1) is 15.1. The predicted molar refractivity (Wildman–Crippen MR) is 71.3 cm³/mol. The van der Waals surface area contributed by atoms with Gasteiger partial charge in [-0.3, -0.25) is 4.90 Å². The van der Waals surface area contributed by atoms with Crippen LogP contribution in [0, 0.1) is 0 Å². The van der Waals surface area contributed by atoms with Crippen LogP contribution in [-0.2, 0) is 17.8 Å². The fourth-order valence-electron chi connectivity index (χ4n) is 1.70. The third kappa shape index (κ3) is 5.62. The van der Waals surface area contributed by atoms with Crippen LogP contribution in [0.1, 0.15) is 31.7 Å². The first-order valence-electron chi connectivity index (χ1n) is 6.66. The molecule has 0 atom stereocenters. The molecule has 0 saturated carbocycles. The van der Waals surface area contributed by atoms with Crippen molar-refractivity contribution in [3.05, 3.63) is 17.5 Å². The summed E-state index contributed by atoms with van der Waals surface area (Å²) >= 11 is 0. The topological polar surface area (TPSA) is 50.5 Å². The van der Waals surface area contributed by atoms with Crippen molar-refractivity contribution in [2.75, 3.05) is 33.4 Å². The van der Waals surface area contributed by atoms with Crippen LogP contribution in [0.3, 0.4) is 0 Å². The lowest BCUT2D eigenvalue weighted by Gasteiger charge is -2.17. The van der Waals surface area contributed by atoms with E-state index < -0.39 is 0 Å². The molecule has 0 bridgehead atoms. The number of rotatable bonds is 10. The number of nitrogens with zero attached hydrogens (tertiary/aromatic N) is 2. The van der Waals surface area contributed by atoms with Gasteiger partial charge >= 0.3 is 0 Å². The van der Waals surface area contributed by atoms with Crippen molar-refractivity contribution < 1.29 is 9.26 Å². The average Bonchev–Trinajstić information content (AvgIpc) is 2.82. The summed E-state index contributed by atoms with van der Waals surface area (Å²) in [6.07, 6.45) is 1.13. The number of ether oxygens (including phenoxy) is 1. The fraction of sp³-hybridized carbons (Fsp3) is 0.769. The van der Waals surface area contributed by atoms with Crippen LogP contribution in [0.15, 0.2) is 10.6 Å². The molecule has 0 aliphatic carbocycles. The summed E-state index contributed by atoms with van der Waals surface area (Å²) in [7, 11) is 1.72. The largest absolute Gasteiger partial charge is 0.383 e. The van der Waals surface area contributed by atoms with Crippen LogP contribution in [0.5, 0.6) is 0 Å². The first-order chi connectivity index (χ1) is 8.80. The molecule has 1 heterocycles. The molecule has 0 saturated heterocycles. The Balaban J connectivity index is 2.36. The normalized spacial score (nSPS) is 11.3. The maximum atomic E-state index is 5.34. The lowest BCUT2D eigenvalue weighted by atomic mass is 10.3. The Kier molecular flexibility index (Phi) is 7.64. The molecular formula is C13H25N3O2. The molecular weight excluding hydrogens is 230 g/mol. The molecule has 1 aromatic rings. The molecule has 0 aliphatic heterocycles. The van der Waals surface area contributed by atoms with E-state index in [4.69, 9.17) is 9.26 Å². The molecule has 0 fully saturated rings. The molecule has 5 heteroatoms. The van der Waals surface area contributed by atoms with Gasteiger partial charge in [0.15, 0.2) is 5.76 Å². The molecule has 0 unspecified atom stereocenters. The van der Waals surface area contributed by atoms with Crippen molar-refractivity contribution in [2.45, 2.75) is 33.4 Å². The highest BCUT2D eigenvalue weighted by molar-refractivity contribution is 5.05. The summed E-state index contributed by atoms with van der Waals surface area (Å²) in [6, 6.07) is 2.03. The SMILES string of the molecule is CCCNCc1cc(CN(CC)CCOC)on1. The zero-order chi connectivity index (χ0) is 13.2. The van der Waals surface area contributed by atoms with Crippen LogP contribution in [-0.4, -0.2) is 43.4 Å². The van der Waals surface area contributed by atoms with Gasteiger partial charge in [0.05, 0.1) is 18.8 Å². The van der Waals surface area contributed by atoms with Gasteiger partial charge in [-0.15, -0.1) is 0 Å². The third-order valence-corrected chi connectivity index (χ3v) is 2.78. The molecule has 1 aromatic heterocycles. The fourth-order valence-corrected chi connectivity index (χ4v) is 1.70. The second-order valence-corrected chi connectivity index (χ2v) is 4.32. The van der Waals surface area contributed by atoms with Crippen molar-refractivity contribution in [3.8, 4) is 0 Å². The van der Waals surface area contributed by atoms with Gasteiger partial charge in [-0.25, -0.2) is 0 Å². The van der Waals surface area contributed by atoms with Crippen molar-refractivity contribution in [1.82, 2.24) is 15.4 Å². The summed E-state index contributed by atoms with van der Waals surface area (Å²) < 4.78 is 10.4. The Hall–Kier alpha value is -0.910. The van der Waals surface area contributed by atoms with E-state index >= 15 is 0 Å². The molecule has 0 spiro atoms. The number of nitrogens with one attached hydrogen (secondary N) is 1. The second kappa shape index (κ2) is 9.08. The molecule has 0 radical (unpaired) electrons. The van der Waals surface area contributed by atoms with Crippen LogP contribution in [0.2, 0.25) is 0 Å². The van der Waals surface area contributed by atoms with Gasteiger partial charge < -0.3 is 14.6 Å². The summed E-state index contributed by atoms with van der Waals surface area (Å²) in [4.78, 5) is 2.27. The van der Waals surface area contributed by atoms with E-state index in [-0.39, 0.29) is 0 Å². The third-order valence-electron chi connectivity index (χ3n) is 2.78. The lowest BCUT2D eigenvalue weighted by Crippen LogP contribution is -2.26. The van der Waals surface area contributed by atoms with E-state index in [2.05, 4.69) is 29.2 Å². The quantitative estimate of drug-likeness (QED) is 0.644. The molecule has 0 aliphatic rings. The number of hydrogen-bond donors (Lipinski definition) is 1. The second-order valence-electron chi connectivity index (χ2n) is 4.32. The van der Waals surface area contributed by atoms with Crippen LogP contribution in [0.4, 0.5) is 0 Å². The maximum Gasteiger partial charge on any atom is 0.151 e. The maximum absolute atomic E-state index is 5.34. The zero-order valence-electron chi connectivity index (χ0n) is 11.7. The monoisotopic (exact) mass is 255 g/mol. The predicted octanol–water partition coefficient (Wildman–Crippen LogP) is 1.64. The van der Waals surface area contributed by atoms with Crippen LogP contribution >= 0.6 is 0 Å². The number of methoxy groups -OCH3 is 1. The lowest BCUT2D eigenvalue weighted by molar-refractivity contribution is 0.141. The first-order valence-corrected chi connectivity index (χ1v) is 6.66. The average molecular weight is 255 g/mol. The highest BCUT2D eigenvalue weighted by Crippen LogP contribution is 2.07. The Labute approximate surface area is 109 Å². The highest BCUT2D eigenvalue weighted by atomic mass is 16.5.